The molecule has 15 heavy (non-hydrogen) atoms. The molecule has 0 radical (unpaired) electrons. The third kappa shape index (κ3) is 2.02. The number of hydrogen-bond acceptors (Lipinski definition) is 3. The van der Waals surface area contributed by atoms with E-state index in [1.54, 1.807) is 12.1 Å². The van der Waals surface area contributed by atoms with Crippen LogP contribution in [0.25, 0.3) is 10.4 Å². The maximum Gasteiger partial charge on any atom is 0.365 e. The van der Waals surface area contributed by atoms with E-state index in [9.17, 15) is 9.18 Å². The molecule has 0 unspecified atom stereocenters. The molecule has 0 fully saturated rings. The lowest BCUT2D eigenvalue weighted by Gasteiger charge is -1.94. The average molecular weight is 223 g/mol. The van der Waals surface area contributed by atoms with Crippen LogP contribution in [0.15, 0.2) is 30.5 Å². The first-order valence-electron chi connectivity index (χ1n) is 4.12. The number of halogens is 1. The molecule has 0 amide bonds. The number of hydrogen-bond donors (Lipinski definition) is 1. The van der Waals surface area contributed by atoms with E-state index in [-0.39, 0.29) is 10.8 Å². The van der Waals surface area contributed by atoms with Gasteiger partial charge in [-0.05, 0) is 17.7 Å². The fourth-order valence-electron chi connectivity index (χ4n) is 1.12. The quantitative estimate of drug-likeness (QED) is 0.851. The molecule has 0 saturated carbocycles. The summed E-state index contributed by atoms with van der Waals surface area (Å²) >= 11 is 1.07. The van der Waals surface area contributed by atoms with Crippen LogP contribution < -0.4 is 0 Å². The Morgan fingerprint density at radius 2 is 2.00 bits per heavy atom. The minimum absolute atomic E-state index is 0.0364. The number of carbonyl (C=O) groups is 1. The first-order chi connectivity index (χ1) is 7.16. The van der Waals surface area contributed by atoms with Gasteiger partial charge in [0, 0.05) is 6.20 Å². The predicted molar refractivity (Wildman–Crippen MR) is 54.5 cm³/mol. The van der Waals surface area contributed by atoms with E-state index in [2.05, 4.69) is 4.98 Å². The van der Waals surface area contributed by atoms with Crippen LogP contribution in [-0.2, 0) is 0 Å². The molecule has 0 aliphatic heterocycles. The van der Waals surface area contributed by atoms with Crippen LogP contribution >= 0.6 is 11.3 Å². The molecule has 2 rings (SSSR count). The molecule has 0 bridgehead atoms. The second-order valence-corrected chi connectivity index (χ2v) is 3.87. The van der Waals surface area contributed by atoms with Gasteiger partial charge in [-0.25, -0.2) is 14.2 Å². The van der Waals surface area contributed by atoms with Crippen molar-refractivity contribution < 1.29 is 14.3 Å². The van der Waals surface area contributed by atoms with E-state index in [1.807, 2.05) is 0 Å². The molecule has 0 aliphatic carbocycles. The Morgan fingerprint density at radius 1 is 1.33 bits per heavy atom. The van der Waals surface area contributed by atoms with Gasteiger partial charge in [0.05, 0.1) is 4.88 Å². The standard InChI is InChI=1S/C10H6FNO2S/c11-7-3-1-6(2-4-7)8-5-12-9(15-8)10(13)14/h1-5H,(H,13,14). The summed E-state index contributed by atoms with van der Waals surface area (Å²) in [5, 5.41) is 8.71. The zero-order chi connectivity index (χ0) is 10.8. The van der Waals surface area contributed by atoms with Crippen LogP contribution in [0.5, 0.6) is 0 Å². The number of carboxylic acids is 1. The van der Waals surface area contributed by atoms with Gasteiger partial charge >= 0.3 is 5.97 Å². The summed E-state index contributed by atoms with van der Waals surface area (Å²) in [6.45, 7) is 0. The van der Waals surface area contributed by atoms with Crippen LogP contribution in [0.3, 0.4) is 0 Å². The van der Waals surface area contributed by atoms with Gasteiger partial charge in [0.25, 0.3) is 0 Å². The minimum Gasteiger partial charge on any atom is -0.476 e. The SMILES string of the molecule is O=C(O)c1ncc(-c2ccc(F)cc2)s1. The van der Waals surface area contributed by atoms with Gasteiger partial charge in [0.15, 0.2) is 0 Å². The third-order valence-corrected chi connectivity index (χ3v) is 2.85. The van der Waals surface area contributed by atoms with Crippen molar-refractivity contribution in [3.05, 3.63) is 41.3 Å². The molecule has 1 N–H and O–H groups in total. The molecule has 76 valence electrons. The number of nitrogens with zero attached hydrogens (tertiary/aromatic N) is 1. The Bertz CT molecular complexity index is 492. The van der Waals surface area contributed by atoms with Gasteiger partial charge in [-0.15, -0.1) is 11.3 Å². The summed E-state index contributed by atoms with van der Waals surface area (Å²) in [5.41, 5.74) is 0.765. The summed E-state index contributed by atoms with van der Waals surface area (Å²) in [5.74, 6) is -1.37. The van der Waals surface area contributed by atoms with Crippen molar-refractivity contribution >= 4 is 17.3 Å². The minimum atomic E-state index is -1.05. The summed E-state index contributed by atoms with van der Waals surface area (Å²) in [6, 6.07) is 5.84. The highest BCUT2D eigenvalue weighted by molar-refractivity contribution is 7.16. The van der Waals surface area contributed by atoms with E-state index in [0.717, 1.165) is 16.9 Å². The maximum absolute atomic E-state index is 12.6. The molecule has 0 aliphatic rings. The third-order valence-electron chi connectivity index (χ3n) is 1.82. The van der Waals surface area contributed by atoms with Gasteiger partial charge in [0.1, 0.15) is 5.82 Å². The summed E-state index contributed by atoms with van der Waals surface area (Å²) in [4.78, 5) is 15.0. The highest BCUT2D eigenvalue weighted by Crippen LogP contribution is 2.25. The van der Waals surface area contributed by atoms with Crippen molar-refractivity contribution in [2.45, 2.75) is 0 Å². The van der Waals surface area contributed by atoms with Gasteiger partial charge < -0.3 is 5.11 Å². The Labute approximate surface area is 88.8 Å². The first-order valence-corrected chi connectivity index (χ1v) is 4.93. The van der Waals surface area contributed by atoms with Crippen molar-refractivity contribution in [2.24, 2.45) is 0 Å². The van der Waals surface area contributed by atoms with Crippen molar-refractivity contribution in [3.63, 3.8) is 0 Å². The largest absolute Gasteiger partial charge is 0.476 e. The lowest BCUT2D eigenvalue weighted by Crippen LogP contribution is -1.92. The highest BCUT2D eigenvalue weighted by Gasteiger charge is 2.09. The first kappa shape index (κ1) is 9.79. The Hall–Kier alpha value is -1.75. The van der Waals surface area contributed by atoms with Crippen LogP contribution in [0, 0.1) is 5.82 Å². The summed E-state index contributed by atoms with van der Waals surface area (Å²) < 4.78 is 12.6. The number of carboxylic acid groups (broad SMARTS) is 1. The Kier molecular flexibility index (Phi) is 2.47. The van der Waals surface area contributed by atoms with Crippen LogP contribution in [0.4, 0.5) is 4.39 Å². The van der Waals surface area contributed by atoms with Crippen molar-refractivity contribution in [3.8, 4) is 10.4 Å². The summed E-state index contributed by atoms with van der Waals surface area (Å²) in [7, 11) is 0. The fraction of sp³-hybridized carbons (Fsp3) is 0. The van der Waals surface area contributed by atoms with Crippen LogP contribution in [0.2, 0.25) is 0 Å². The molecule has 1 aromatic heterocycles. The van der Waals surface area contributed by atoms with Gasteiger partial charge in [0.2, 0.25) is 5.01 Å². The predicted octanol–water partition coefficient (Wildman–Crippen LogP) is 2.65. The fourth-order valence-corrected chi connectivity index (χ4v) is 1.88. The monoisotopic (exact) mass is 223 g/mol. The number of benzene rings is 1. The van der Waals surface area contributed by atoms with Crippen LogP contribution in [-0.4, -0.2) is 16.1 Å². The van der Waals surface area contributed by atoms with Crippen LogP contribution in [0.1, 0.15) is 9.80 Å². The van der Waals surface area contributed by atoms with E-state index < -0.39 is 5.97 Å². The normalized spacial score (nSPS) is 10.2. The van der Waals surface area contributed by atoms with E-state index in [1.165, 1.54) is 18.3 Å². The second kappa shape index (κ2) is 3.78. The Balaban J connectivity index is 2.37. The smallest absolute Gasteiger partial charge is 0.365 e. The van der Waals surface area contributed by atoms with Crippen molar-refractivity contribution in [1.29, 1.82) is 0 Å². The molecule has 2 aromatic rings. The zero-order valence-corrected chi connectivity index (χ0v) is 8.29. The summed E-state index contributed by atoms with van der Waals surface area (Å²) in [6.07, 6.45) is 1.47. The number of thiazole rings is 1. The second-order valence-electron chi connectivity index (χ2n) is 2.84. The molecular weight excluding hydrogens is 217 g/mol. The van der Waals surface area contributed by atoms with Gasteiger partial charge in [-0.2, -0.15) is 0 Å². The highest BCUT2D eigenvalue weighted by atomic mass is 32.1. The average Bonchev–Trinajstić information content (AvgIpc) is 2.68. The van der Waals surface area contributed by atoms with Crippen molar-refractivity contribution in [1.82, 2.24) is 4.98 Å². The molecule has 0 saturated heterocycles. The molecule has 5 heteroatoms. The topological polar surface area (TPSA) is 50.2 Å². The lowest BCUT2D eigenvalue weighted by molar-refractivity contribution is 0.0696. The van der Waals surface area contributed by atoms with Gasteiger partial charge in [-0.1, -0.05) is 12.1 Å². The van der Waals surface area contributed by atoms with E-state index in [4.69, 9.17) is 5.11 Å². The number of aromatic carboxylic acids is 1. The molecule has 0 atom stereocenters. The van der Waals surface area contributed by atoms with E-state index in [0.29, 0.717) is 4.88 Å². The lowest BCUT2D eigenvalue weighted by atomic mass is 10.2. The van der Waals surface area contributed by atoms with Crippen molar-refractivity contribution in [2.75, 3.05) is 0 Å². The number of aromatic nitrogens is 1. The number of rotatable bonds is 2. The molecule has 1 aromatic carbocycles. The maximum atomic E-state index is 12.6. The molecule has 3 nitrogen and oxygen atoms in total. The molecule has 1 heterocycles. The van der Waals surface area contributed by atoms with Gasteiger partial charge in [-0.3, -0.25) is 0 Å². The Morgan fingerprint density at radius 3 is 2.53 bits per heavy atom. The molecule has 0 spiro atoms. The molecular formula is C10H6FNO2S. The zero-order valence-electron chi connectivity index (χ0n) is 7.48. The van der Waals surface area contributed by atoms with E-state index >= 15 is 0 Å².